The van der Waals surface area contributed by atoms with E-state index in [1.807, 2.05) is 0 Å². The Balaban J connectivity index is 1.52. The van der Waals surface area contributed by atoms with Crippen molar-refractivity contribution in [1.29, 1.82) is 0 Å². The molecule has 0 aromatic carbocycles. The fourth-order valence-corrected chi connectivity index (χ4v) is 4.65. The van der Waals surface area contributed by atoms with Crippen LogP contribution in [0.15, 0.2) is 0 Å². The third kappa shape index (κ3) is 2.61. The molecule has 0 heterocycles. The maximum atomic E-state index is 11.9. The normalized spacial score (nSPS) is 39.1. The van der Waals surface area contributed by atoms with E-state index in [2.05, 4.69) is 10.6 Å². The number of hydrogen-bond donors (Lipinski definition) is 3. The molecule has 4 aliphatic rings. The molecule has 4 bridgehead atoms. The summed E-state index contributed by atoms with van der Waals surface area (Å²) in [5, 5.41) is 5.68. The van der Waals surface area contributed by atoms with Crippen LogP contribution in [0.3, 0.4) is 0 Å². The minimum Gasteiger partial charge on any atom is -0.351 e. The molecule has 0 saturated heterocycles. The Morgan fingerprint density at radius 3 is 2.05 bits per heavy atom. The lowest BCUT2D eigenvalue weighted by Crippen LogP contribution is -2.57. The predicted octanol–water partition coefficient (Wildman–Crippen LogP) is 0.00220. The summed E-state index contributed by atoms with van der Waals surface area (Å²) < 4.78 is 0. The number of carbonyl (C=O) groups excluding carboxylic acids is 2. The molecular formula is C14H23N3O2. The molecule has 0 radical (unpaired) electrons. The van der Waals surface area contributed by atoms with Crippen LogP contribution < -0.4 is 16.4 Å². The van der Waals surface area contributed by atoms with Crippen LogP contribution in [0.1, 0.15) is 32.1 Å². The molecule has 106 valence electrons. The van der Waals surface area contributed by atoms with Crippen LogP contribution in [0.2, 0.25) is 0 Å². The van der Waals surface area contributed by atoms with Crippen molar-refractivity contribution in [2.75, 3.05) is 13.1 Å². The first-order valence-electron chi connectivity index (χ1n) is 7.41. The SMILES string of the molecule is NCC(=O)NCC(=O)NC1C2CC3CC(C2)CC1C3. The number of nitrogens with two attached hydrogens (primary N) is 1. The molecule has 4 aliphatic carbocycles. The Morgan fingerprint density at radius 2 is 1.53 bits per heavy atom. The first kappa shape index (κ1) is 12.9. The summed E-state index contributed by atoms with van der Waals surface area (Å²) >= 11 is 0. The summed E-state index contributed by atoms with van der Waals surface area (Å²) in [5.41, 5.74) is 5.19. The molecule has 4 fully saturated rings. The summed E-state index contributed by atoms with van der Waals surface area (Å²) in [4.78, 5) is 22.9. The molecule has 4 rings (SSSR count). The fraction of sp³-hybridized carbons (Fsp3) is 0.857. The van der Waals surface area contributed by atoms with Crippen LogP contribution in [0.4, 0.5) is 0 Å². The first-order valence-corrected chi connectivity index (χ1v) is 7.41. The lowest BCUT2D eigenvalue weighted by Gasteiger charge is -2.54. The van der Waals surface area contributed by atoms with Gasteiger partial charge in [-0.1, -0.05) is 0 Å². The zero-order valence-corrected chi connectivity index (χ0v) is 11.2. The Morgan fingerprint density at radius 1 is 0.947 bits per heavy atom. The van der Waals surface area contributed by atoms with Crippen LogP contribution >= 0.6 is 0 Å². The van der Waals surface area contributed by atoms with Crippen LogP contribution in [0.25, 0.3) is 0 Å². The third-order valence-corrected chi connectivity index (χ3v) is 5.19. The topological polar surface area (TPSA) is 84.2 Å². The first-order chi connectivity index (χ1) is 9.15. The van der Waals surface area contributed by atoms with E-state index < -0.39 is 0 Å². The van der Waals surface area contributed by atoms with Gasteiger partial charge in [0.2, 0.25) is 11.8 Å². The highest BCUT2D eigenvalue weighted by Crippen LogP contribution is 2.53. The summed E-state index contributed by atoms with van der Waals surface area (Å²) in [6, 6.07) is 0.343. The molecular weight excluding hydrogens is 242 g/mol. The van der Waals surface area contributed by atoms with Gasteiger partial charge in [-0.3, -0.25) is 9.59 Å². The fourth-order valence-electron chi connectivity index (χ4n) is 4.65. The smallest absolute Gasteiger partial charge is 0.239 e. The van der Waals surface area contributed by atoms with Crippen LogP contribution in [0.5, 0.6) is 0 Å². The molecule has 0 atom stereocenters. The number of amides is 2. The maximum absolute atomic E-state index is 11.9. The Bertz CT molecular complexity index is 355. The monoisotopic (exact) mass is 265 g/mol. The molecule has 5 heteroatoms. The van der Waals surface area contributed by atoms with E-state index in [-0.39, 0.29) is 24.9 Å². The molecule has 0 aromatic rings. The lowest BCUT2D eigenvalue weighted by atomic mass is 9.54. The van der Waals surface area contributed by atoms with Crippen LogP contribution in [-0.4, -0.2) is 30.9 Å². The van der Waals surface area contributed by atoms with Crippen molar-refractivity contribution in [2.24, 2.45) is 29.4 Å². The Hall–Kier alpha value is -1.10. The minimum atomic E-state index is -0.278. The molecule has 0 aliphatic heterocycles. The average Bonchev–Trinajstić information content (AvgIpc) is 2.39. The summed E-state index contributed by atoms with van der Waals surface area (Å²) in [6.07, 6.45) is 6.56. The summed E-state index contributed by atoms with van der Waals surface area (Å²) in [7, 11) is 0. The van der Waals surface area contributed by atoms with E-state index in [0.717, 1.165) is 11.8 Å². The van der Waals surface area contributed by atoms with Gasteiger partial charge in [-0.15, -0.1) is 0 Å². The number of hydrogen-bond acceptors (Lipinski definition) is 3. The standard InChI is InChI=1S/C14H23N3O2/c15-6-12(18)16-7-13(19)17-14-10-2-8-1-9(4-10)5-11(14)3-8/h8-11,14H,1-7,15H2,(H,16,18)(H,17,19). The summed E-state index contributed by atoms with van der Waals surface area (Å²) in [6.45, 7) is -0.00977. The van der Waals surface area contributed by atoms with Gasteiger partial charge in [-0.25, -0.2) is 0 Å². The predicted molar refractivity (Wildman–Crippen MR) is 71.0 cm³/mol. The van der Waals surface area contributed by atoms with E-state index in [1.165, 1.54) is 32.1 Å². The molecule has 4 N–H and O–H groups in total. The number of rotatable bonds is 4. The number of nitrogens with one attached hydrogen (secondary N) is 2. The molecule has 19 heavy (non-hydrogen) atoms. The highest BCUT2D eigenvalue weighted by atomic mass is 16.2. The molecule has 5 nitrogen and oxygen atoms in total. The lowest BCUT2D eigenvalue weighted by molar-refractivity contribution is -0.127. The molecule has 4 saturated carbocycles. The van der Waals surface area contributed by atoms with Gasteiger partial charge in [0.05, 0.1) is 13.1 Å². The van der Waals surface area contributed by atoms with Crippen molar-refractivity contribution in [1.82, 2.24) is 10.6 Å². The van der Waals surface area contributed by atoms with Crippen molar-refractivity contribution >= 4 is 11.8 Å². The van der Waals surface area contributed by atoms with Crippen LogP contribution in [0, 0.1) is 23.7 Å². The average molecular weight is 265 g/mol. The van der Waals surface area contributed by atoms with E-state index in [9.17, 15) is 9.59 Å². The Labute approximate surface area is 113 Å². The van der Waals surface area contributed by atoms with E-state index >= 15 is 0 Å². The second-order valence-corrected chi connectivity index (χ2v) is 6.50. The van der Waals surface area contributed by atoms with Crippen molar-refractivity contribution in [3.63, 3.8) is 0 Å². The Kier molecular flexibility index (Phi) is 3.48. The van der Waals surface area contributed by atoms with Gasteiger partial charge in [0.25, 0.3) is 0 Å². The largest absolute Gasteiger partial charge is 0.351 e. The van der Waals surface area contributed by atoms with Gasteiger partial charge in [0.15, 0.2) is 0 Å². The van der Waals surface area contributed by atoms with E-state index in [1.54, 1.807) is 0 Å². The van der Waals surface area contributed by atoms with Gasteiger partial charge in [0.1, 0.15) is 0 Å². The zero-order valence-electron chi connectivity index (χ0n) is 11.2. The maximum Gasteiger partial charge on any atom is 0.239 e. The quantitative estimate of drug-likeness (QED) is 0.669. The van der Waals surface area contributed by atoms with Crippen molar-refractivity contribution < 1.29 is 9.59 Å². The van der Waals surface area contributed by atoms with Crippen LogP contribution in [-0.2, 0) is 9.59 Å². The number of carbonyl (C=O) groups is 2. The molecule has 0 unspecified atom stereocenters. The minimum absolute atomic E-state index is 0.0544. The second kappa shape index (κ2) is 5.12. The second-order valence-electron chi connectivity index (χ2n) is 6.50. The van der Waals surface area contributed by atoms with Crippen molar-refractivity contribution in [3.05, 3.63) is 0 Å². The van der Waals surface area contributed by atoms with Gasteiger partial charge in [0, 0.05) is 6.04 Å². The van der Waals surface area contributed by atoms with Crippen molar-refractivity contribution in [2.45, 2.75) is 38.1 Å². The van der Waals surface area contributed by atoms with Gasteiger partial charge in [-0.2, -0.15) is 0 Å². The molecule has 0 aromatic heterocycles. The molecule has 2 amide bonds. The van der Waals surface area contributed by atoms with E-state index in [4.69, 9.17) is 5.73 Å². The zero-order chi connectivity index (χ0) is 13.4. The van der Waals surface area contributed by atoms with Gasteiger partial charge < -0.3 is 16.4 Å². The third-order valence-electron chi connectivity index (χ3n) is 5.19. The van der Waals surface area contributed by atoms with E-state index in [0.29, 0.717) is 17.9 Å². The van der Waals surface area contributed by atoms with Gasteiger partial charge in [-0.05, 0) is 55.8 Å². The van der Waals surface area contributed by atoms with Crippen molar-refractivity contribution in [3.8, 4) is 0 Å². The van der Waals surface area contributed by atoms with Gasteiger partial charge >= 0.3 is 0 Å². The highest BCUT2D eigenvalue weighted by molar-refractivity contribution is 5.85. The highest BCUT2D eigenvalue weighted by Gasteiger charge is 2.48. The molecule has 0 spiro atoms. The summed E-state index contributed by atoms with van der Waals surface area (Å²) in [5.74, 6) is 2.82.